The summed E-state index contributed by atoms with van der Waals surface area (Å²) in [4.78, 5) is 5.02. The highest BCUT2D eigenvalue weighted by atomic mass is 15.2. The Kier molecular flexibility index (Phi) is 9.29. The first kappa shape index (κ1) is 42.0. The van der Waals surface area contributed by atoms with Crippen molar-refractivity contribution in [3.05, 3.63) is 287 Å². The molecule has 2 heteroatoms. The van der Waals surface area contributed by atoms with Gasteiger partial charge in [0, 0.05) is 58.3 Å². The van der Waals surface area contributed by atoms with E-state index in [0.29, 0.717) is 0 Å². The van der Waals surface area contributed by atoms with Gasteiger partial charge in [-0.3, -0.25) is 0 Å². The van der Waals surface area contributed by atoms with Crippen LogP contribution in [-0.4, -0.2) is 0 Å². The summed E-state index contributed by atoms with van der Waals surface area (Å²) in [5.41, 5.74) is 27.0. The van der Waals surface area contributed by atoms with Gasteiger partial charge in [-0.25, -0.2) is 0 Å². The summed E-state index contributed by atoms with van der Waals surface area (Å²) in [6.45, 7) is 4.80. The lowest BCUT2D eigenvalue weighted by molar-refractivity contribution is 0.660. The minimum absolute atomic E-state index is 0.151. The number of benzene rings is 10. The molecule has 73 heavy (non-hydrogen) atoms. The number of nitrogens with zero attached hydrogens (tertiary/aromatic N) is 2. The summed E-state index contributed by atoms with van der Waals surface area (Å²) in [5.74, 6) is 0.266. The van der Waals surface area contributed by atoms with Crippen LogP contribution in [0.15, 0.2) is 242 Å². The summed E-state index contributed by atoms with van der Waals surface area (Å²) >= 11 is 0. The number of hydrogen-bond donors (Lipinski definition) is 0. The quantitative estimate of drug-likeness (QED) is 0.159. The van der Waals surface area contributed by atoms with Crippen LogP contribution in [0.2, 0.25) is 0 Å². The summed E-state index contributed by atoms with van der Waals surface area (Å²) in [6.07, 6.45) is 14.8. The maximum atomic E-state index is 2.53. The fraction of sp³-hybridized carbons (Fsp3) is 0.0986. The van der Waals surface area contributed by atoms with Gasteiger partial charge >= 0.3 is 0 Å². The molecule has 0 amide bonds. The normalized spacial score (nSPS) is 16.6. The Morgan fingerprint density at radius 2 is 0.945 bits per heavy atom. The van der Waals surface area contributed by atoms with E-state index in [0.717, 1.165) is 19.3 Å². The molecular formula is C71H52N2. The zero-order valence-electron chi connectivity index (χ0n) is 41.1. The maximum absolute atomic E-state index is 2.53. The van der Waals surface area contributed by atoms with Crippen LogP contribution in [0.5, 0.6) is 0 Å². The smallest absolute Gasteiger partial charge is 0.0497 e. The van der Waals surface area contributed by atoms with Crippen molar-refractivity contribution in [2.24, 2.45) is 5.92 Å². The molecule has 1 atom stereocenters. The van der Waals surface area contributed by atoms with Crippen LogP contribution in [0, 0.1) is 5.92 Å². The lowest BCUT2D eigenvalue weighted by atomic mass is 9.77. The lowest BCUT2D eigenvalue weighted by Gasteiger charge is -2.34. The van der Waals surface area contributed by atoms with Crippen LogP contribution in [0.1, 0.15) is 64.8 Å². The van der Waals surface area contributed by atoms with Gasteiger partial charge in [-0.15, -0.1) is 0 Å². The lowest BCUT2D eigenvalue weighted by Crippen LogP contribution is -2.18. The largest absolute Gasteiger partial charge is 0.310 e. The van der Waals surface area contributed by atoms with E-state index < -0.39 is 0 Å². The third-order valence-electron chi connectivity index (χ3n) is 16.8. The first-order valence-electron chi connectivity index (χ1n) is 26.0. The van der Waals surface area contributed by atoms with Crippen LogP contribution < -0.4 is 9.80 Å². The molecule has 0 radical (unpaired) electrons. The predicted molar refractivity (Wildman–Crippen MR) is 307 cm³/mol. The molecule has 0 saturated heterocycles. The van der Waals surface area contributed by atoms with Crippen molar-refractivity contribution in [3.63, 3.8) is 0 Å². The molecule has 2 nitrogen and oxygen atoms in total. The molecule has 0 aromatic heterocycles. The molecular weight excluding hydrogens is 881 g/mol. The molecule has 2 aliphatic heterocycles. The van der Waals surface area contributed by atoms with Crippen molar-refractivity contribution in [1.82, 2.24) is 0 Å². The van der Waals surface area contributed by atoms with Crippen LogP contribution in [0.25, 0.3) is 54.9 Å². The molecule has 2 heterocycles. The van der Waals surface area contributed by atoms with E-state index in [-0.39, 0.29) is 11.3 Å². The zero-order valence-corrected chi connectivity index (χ0v) is 41.1. The highest BCUT2D eigenvalue weighted by molar-refractivity contribution is 6.20. The Bertz CT molecular complexity index is 4010. The van der Waals surface area contributed by atoms with Crippen molar-refractivity contribution in [3.8, 4) is 22.3 Å². The molecule has 0 N–H and O–H groups in total. The van der Waals surface area contributed by atoms with Gasteiger partial charge in [0.1, 0.15) is 0 Å². The van der Waals surface area contributed by atoms with Gasteiger partial charge in [0.15, 0.2) is 0 Å². The molecule has 0 bridgehead atoms. The van der Waals surface area contributed by atoms with E-state index in [1.165, 1.54) is 139 Å². The van der Waals surface area contributed by atoms with Gasteiger partial charge in [-0.2, -0.15) is 0 Å². The number of allylic oxidation sites excluding steroid dienone is 8. The Morgan fingerprint density at radius 1 is 0.425 bits per heavy atom. The predicted octanol–water partition coefficient (Wildman–Crippen LogP) is 18.7. The van der Waals surface area contributed by atoms with Crippen LogP contribution >= 0.6 is 0 Å². The third-order valence-corrected chi connectivity index (χ3v) is 16.8. The van der Waals surface area contributed by atoms with E-state index in [1.807, 2.05) is 0 Å². The first-order chi connectivity index (χ1) is 35.9. The maximum Gasteiger partial charge on any atom is 0.0497 e. The number of anilines is 6. The minimum atomic E-state index is -0.151. The average molecular weight is 933 g/mol. The Labute approximate surface area is 427 Å². The summed E-state index contributed by atoms with van der Waals surface area (Å²) < 4.78 is 0. The van der Waals surface area contributed by atoms with Gasteiger partial charge in [-0.05, 0) is 166 Å². The van der Waals surface area contributed by atoms with Crippen molar-refractivity contribution < 1.29 is 0 Å². The highest BCUT2D eigenvalue weighted by Gasteiger charge is 2.36. The van der Waals surface area contributed by atoms with Gasteiger partial charge in [0.25, 0.3) is 0 Å². The van der Waals surface area contributed by atoms with Crippen LogP contribution in [-0.2, 0) is 18.3 Å². The van der Waals surface area contributed by atoms with E-state index >= 15 is 0 Å². The molecule has 5 aliphatic rings. The van der Waals surface area contributed by atoms with Crippen molar-refractivity contribution in [1.29, 1.82) is 0 Å². The van der Waals surface area contributed by atoms with Crippen LogP contribution in [0.3, 0.4) is 0 Å². The van der Waals surface area contributed by atoms with Crippen molar-refractivity contribution >= 4 is 66.8 Å². The van der Waals surface area contributed by atoms with Crippen molar-refractivity contribution in [2.75, 3.05) is 9.80 Å². The third kappa shape index (κ3) is 6.49. The molecule has 346 valence electrons. The summed E-state index contributed by atoms with van der Waals surface area (Å²) in [5, 5.41) is 5.06. The van der Waals surface area contributed by atoms with Gasteiger partial charge in [-0.1, -0.05) is 196 Å². The molecule has 3 aliphatic carbocycles. The summed E-state index contributed by atoms with van der Waals surface area (Å²) in [6, 6.07) is 77.8. The fourth-order valence-corrected chi connectivity index (χ4v) is 13.3. The second-order valence-electron chi connectivity index (χ2n) is 21.2. The molecule has 15 rings (SSSR count). The van der Waals surface area contributed by atoms with Gasteiger partial charge in [0.2, 0.25) is 0 Å². The second kappa shape index (κ2) is 16.2. The molecule has 10 aromatic carbocycles. The standard InChI is InChI=1S/C71H52N2/c1-71(2)63-23-11-10-22-57(63)58-35-32-54(42-64(58)71)70-60-37-34-55(72-65-24-12-6-18-49(65)40-50-19-7-13-25-66(50)72)43-61(60)69(53-31-30-47-38-46(28-29-48(47)39-53)45-16-4-3-5-17-45)59-36-33-56(44-62(59)70)73-67-26-14-8-20-51(67)41-52-21-9-15-27-68(52)73/h3-38,42-44,48H,39-41H2,1-2H3. The van der Waals surface area contributed by atoms with Crippen molar-refractivity contribution in [2.45, 2.75) is 38.5 Å². The molecule has 0 saturated carbocycles. The number of fused-ring (bicyclic) bond motifs is 10. The van der Waals surface area contributed by atoms with E-state index in [9.17, 15) is 0 Å². The number of rotatable bonds is 5. The molecule has 0 spiro atoms. The van der Waals surface area contributed by atoms with Gasteiger partial charge < -0.3 is 9.80 Å². The summed E-state index contributed by atoms with van der Waals surface area (Å²) in [7, 11) is 0. The number of para-hydroxylation sites is 4. The van der Waals surface area contributed by atoms with Crippen LogP contribution in [0.4, 0.5) is 34.1 Å². The fourth-order valence-electron chi connectivity index (χ4n) is 13.3. The highest BCUT2D eigenvalue weighted by Crippen LogP contribution is 2.54. The Hall–Kier alpha value is -8.72. The van der Waals surface area contributed by atoms with E-state index in [1.54, 1.807) is 0 Å². The van der Waals surface area contributed by atoms with E-state index in [4.69, 9.17) is 0 Å². The first-order valence-corrected chi connectivity index (χ1v) is 26.0. The molecule has 1 unspecified atom stereocenters. The average Bonchev–Trinajstić information content (AvgIpc) is 3.67. The Morgan fingerprint density at radius 3 is 1.56 bits per heavy atom. The van der Waals surface area contributed by atoms with Gasteiger partial charge in [0.05, 0.1) is 0 Å². The SMILES string of the molecule is CC1(C)c2ccccc2-c2ccc(-c3c4ccc(N5c6ccccc6Cc6ccccc65)cc4c(C4=CC=C5C=C(c6ccccc6)C=CC5C4)c4ccc(N5c6ccccc6Cc6ccccc65)cc34)cc21. The zero-order chi connectivity index (χ0) is 48.4. The van der Waals surface area contributed by atoms with E-state index in [2.05, 4.69) is 260 Å². The molecule has 0 fully saturated rings. The topological polar surface area (TPSA) is 6.48 Å². The monoisotopic (exact) mass is 932 g/mol. The molecule has 10 aromatic rings. The Balaban J connectivity index is 1.02. The second-order valence-corrected chi connectivity index (χ2v) is 21.2. The number of hydrogen-bond acceptors (Lipinski definition) is 2. The minimum Gasteiger partial charge on any atom is -0.310 e.